The number of hydrogen-bond acceptors (Lipinski definition) is 3. The predicted molar refractivity (Wildman–Crippen MR) is 103 cm³/mol. The maximum absolute atomic E-state index is 10.7. The Morgan fingerprint density at radius 2 is 1.44 bits per heavy atom. The molecule has 1 heterocycles. The number of aldehydes is 1. The van der Waals surface area contributed by atoms with Gasteiger partial charge in [-0.05, 0) is 36.4 Å². The molecular formula is C22H15NOS. The first kappa shape index (κ1) is 15.6. The Labute approximate surface area is 151 Å². The normalized spacial score (nSPS) is 11.8. The Kier molecular flexibility index (Phi) is 4.28. The lowest BCUT2D eigenvalue weighted by atomic mass is 10.1. The Morgan fingerprint density at radius 3 is 2.04 bits per heavy atom. The standard InChI is InChI=1S/C22H15NOS/c24-16-18-13-11-17(12-14-18)6-5-15-23-19-7-1-3-9-21(19)25-22-10-4-2-8-20(22)23/h1-4,7-14,16H,15H2. The first-order valence-corrected chi connectivity index (χ1v) is 8.84. The zero-order valence-corrected chi connectivity index (χ0v) is 14.3. The van der Waals surface area contributed by atoms with E-state index >= 15 is 0 Å². The molecule has 3 heteroatoms. The summed E-state index contributed by atoms with van der Waals surface area (Å²) in [5.74, 6) is 6.46. The molecule has 0 atom stereocenters. The van der Waals surface area contributed by atoms with E-state index in [0.717, 1.165) is 11.8 Å². The summed E-state index contributed by atoms with van der Waals surface area (Å²) in [7, 11) is 0. The number of fused-ring (bicyclic) bond motifs is 2. The van der Waals surface area contributed by atoms with Crippen LogP contribution in [0.3, 0.4) is 0 Å². The van der Waals surface area contributed by atoms with Gasteiger partial charge in [0.1, 0.15) is 6.29 Å². The van der Waals surface area contributed by atoms with Crippen LogP contribution in [0.1, 0.15) is 15.9 Å². The lowest BCUT2D eigenvalue weighted by Gasteiger charge is -2.31. The molecule has 1 aliphatic rings. The van der Waals surface area contributed by atoms with Crippen LogP contribution in [-0.4, -0.2) is 12.8 Å². The fourth-order valence-electron chi connectivity index (χ4n) is 2.82. The average Bonchev–Trinajstić information content (AvgIpc) is 2.68. The van der Waals surface area contributed by atoms with E-state index in [1.54, 1.807) is 23.9 Å². The van der Waals surface area contributed by atoms with Gasteiger partial charge in [0.05, 0.1) is 17.9 Å². The van der Waals surface area contributed by atoms with Crippen molar-refractivity contribution in [2.24, 2.45) is 0 Å². The molecule has 25 heavy (non-hydrogen) atoms. The molecule has 2 nitrogen and oxygen atoms in total. The Bertz CT molecular complexity index is 937. The van der Waals surface area contributed by atoms with Gasteiger partial charge in [-0.1, -0.05) is 60.0 Å². The molecule has 0 saturated heterocycles. The van der Waals surface area contributed by atoms with Gasteiger partial charge >= 0.3 is 0 Å². The van der Waals surface area contributed by atoms with Gasteiger partial charge in [-0.15, -0.1) is 0 Å². The minimum Gasteiger partial charge on any atom is -0.328 e. The summed E-state index contributed by atoms with van der Waals surface area (Å²) < 4.78 is 0. The third-order valence-electron chi connectivity index (χ3n) is 4.05. The van der Waals surface area contributed by atoms with Gasteiger partial charge in [-0.25, -0.2) is 0 Å². The van der Waals surface area contributed by atoms with Crippen molar-refractivity contribution in [1.29, 1.82) is 0 Å². The maximum Gasteiger partial charge on any atom is 0.150 e. The van der Waals surface area contributed by atoms with Crippen molar-refractivity contribution < 1.29 is 4.79 Å². The number of hydrogen-bond donors (Lipinski definition) is 0. The lowest BCUT2D eigenvalue weighted by Crippen LogP contribution is -2.20. The van der Waals surface area contributed by atoms with Crippen LogP contribution in [0.15, 0.2) is 82.6 Å². The number of benzene rings is 3. The van der Waals surface area contributed by atoms with E-state index < -0.39 is 0 Å². The molecule has 0 fully saturated rings. The molecule has 0 aromatic heterocycles. The third-order valence-corrected chi connectivity index (χ3v) is 5.18. The Balaban J connectivity index is 1.64. The first-order valence-electron chi connectivity index (χ1n) is 8.03. The molecule has 3 aromatic rings. The van der Waals surface area contributed by atoms with Crippen molar-refractivity contribution in [3.63, 3.8) is 0 Å². The molecule has 0 bridgehead atoms. The van der Waals surface area contributed by atoms with E-state index in [1.165, 1.54) is 21.2 Å². The molecule has 120 valence electrons. The smallest absolute Gasteiger partial charge is 0.150 e. The van der Waals surface area contributed by atoms with E-state index in [4.69, 9.17) is 0 Å². The highest BCUT2D eigenvalue weighted by atomic mass is 32.2. The van der Waals surface area contributed by atoms with Crippen LogP contribution in [0.2, 0.25) is 0 Å². The average molecular weight is 341 g/mol. The van der Waals surface area contributed by atoms with E-state index in [-0.39, 0.29) is 0 Å². The van der Waals surface area contributed by atoms with Crippen LogP contribution in [0.5, 0.6) is 0 Å². The second kappa shape index (κ2) is 6.88. The second-order valence-electron chi connectivity index (χ2n) is 5.67. The van der Waals surface area contributed by atoms with Crippen LogP contribution in [-0.2, 0) is 0 Å². The molecule has 0 aliphatic carbocycles. The summed E-state index contributed by atoms with van der Waals surface area (Å²) in [5, 5.41) is 0. The molecule has 0 amide bonds. The summed E-state index contributed by atoms with van der Waals surface area (Å²) in [4.78, 5) is 15.5. The van der Waals surface area contributed by atoms with Crippen LogP contribution in [0, 0.1) is 11.8 Å². The fourth-order valence-corrected chi connectivity index (χ4v) is 3.91. The molecule has 3 aromatic carbocycles. The van der Waals surface area contributed by atoms with Crippen molar-refractivity contribution in [3.8, 4) is 11.8 Å². The highest BCUT2D eigenvalue weighted by molar-refractivity contribution is 7.99. The minimum atomic E-state index is 0.615. The number of para-hydroxylation sites is 2. The van der Waals surface area contributed by atoms with Gasteiger partial charge in [-0.3, -0.25) is 4.79 Å². The molecule has 0 spiro atoms. The lowest BCUT2D eigenvalue weighted by molar-refractivity contribution is 0.112. The van der Waals surface area contributed by atoms with E-state index in [0.29, 0.717) is 12.1 Å². The van der Waals surface area contributed by atoms with Gasteiger partial charge in [0, 0.05) is 20.9 Å². The molecule has 0 radical (unpaired) electrons. The van der Waals surface area contributed by atoms with Crippen molar-refractivity contribution in [3.05, 3.63) is 83.9 Å². The highest BCUT2D eigenvalue weighted by Crippen LogP contribution is 2.47. The van der Waals surface area contributed by atoms with Gasteiger partial charge in [0.15, 0.2) is 0 Å². The third kappa shape index (κ3) is 3.17. The predicted octanol–water partition coefficient (Wildman–Crippen LogP) is 5.15. The summed E-state index contributed by atoms with van der Waals surface area (Å²) in [5.41, 5.74) is 3.97. The zero-order valence-electron chi connectivity index (χ0n) is 13.5. The van der Waals surface area contributed by atoms with Crippen LogP contribution >= 0.6 is 11.8 Å². The number of nitrogens with zero attached hydrogens (tertiary/aromatic N) is 1. The van der Waals surface area contributed by atoms with Crippen LogP contribution < -0.4 is 4.90 Å². The van der Waals surface area contributed by atoms with Gasteiger partial charge in [0.25, 0.3) is 0 Å². The van der Waals surface area contributed by atoms with E-state index in [9.17, 15) is 4.79 Å². The molecule has 1 aliphatic heterocycles. The molecule has 0 unspecified atom stereocenters. The first-order chi connectivity index (χ1) is 12.3. The second-order valence-corrected chi connectivity index (χ2v) is 6.75. The molecular weight excluding hydrogens is 326 g/mol. The van der Waals surface area contributed by atoms with Crippen LogP contribution in [0.25, 0.3) is 0 Å². The van der Waals surface area contributed by atoms with E-state index in [2.05, 4.69) is 65.3 Å². The molecule has 4 rings (SSSR count). The van der Waals surface area contributed by atoms with Crippen molar-refractivity contribution in [2.75, 3.05) is 11.4 Å². The summed E-state index contributed by atoms with van der Waals surface area (Å²) in [6, 6.07) is 24.2. The fraction of sp³-hybridized carbons (Fsp3) is 0.0455. The summed E-state index contributed by atoms with van der Waals surface area (Å²) >= 11 is 1.80. The largest absolute Gasteiger partial charge is 0.328 e. The van der Waals surface area contributed by atoms with Gasteiger partial charge < -0.3 is 4.90 Å². The number of anilines is 2. The van der Waals surface area contributed by atoms with Crippen LogP contribution in [0.4, 0.5) is 11.4 Å². The van der Waals surface area contributed by atoms with Crippen molar-refractivity contribution in [2.45, 2.75) is 9.79 Å². The number of carbonyl (C=O) groups is 1. The quantitative estimate of drug-likeness (QED) is 0.475. The Hall–Kier alpha value is -2.96. The number of rotatable bonds is 2. The maximum atomic E-state index is 10.7. The molecule has 0 N–H and O–H groups in total. The minimum absolute atomic E-state index is 0.615. The SMILES string of the molecule is O=Cc1ccc(C#CCN2c3ccccc3Sc3ccccc32)cc1. The van der Waals surface area contributed by atoms with Crippen molar-refractivity contribution >= 4 is 29.4 Å². The monoisotopic (exact) mass is 341 g/mol. The summed E-state index contributed by atoms with van der Waals surface area (Å²) in [6.45, 7) is 0.615. The zero-order chi connectivity index (χ0) is 17.1. The van der Waals surface area contributed by atoms with Gasteiger partial charge in [-0.2, -0.15) is 0 Å². The topological polar surface area (TPSA) is 20.3 Å². The Morgan fingerprint density at radius 1 is 0.840 bits per heavy atom. The summed E-state index contributed by atoms with van der Waals surface area (Å²) in [6.07, 6.45) is 0.844. The van der Waals surface area contributed by atoms with Crippen molar-refractivity contribution in [1.82, 2.24) is 0 Å². The molecule has 0 saturated carbocycles. The number of carbonyl (C=O) groups excluding carboxylic acids is 1. The highest BCUT2D eigenvalue weighted by Gasteiger charge is 2.21. The van der Waals surface area contributed by atoms with E-state index in [1.807, 2.05) is 12.1 Å². The van der Waals surface area contributed by atoms with Gasteiger partial charge in [0.2, 0.25) is 0 Å².